The molecule has 14 heavy (non-hydrogen) atoms. The van der Waals surface area contributed by atoms with Crippen molar-refractivity contribution in [1.29, 1.82) is 0 Å². The highest BCUT2D eigenvalue weighted by Gasteiger charge is 2.17. The zero-order valence-corrected chi connectivity index (χ0v) is 8.74. The van der Waals surface area contributed by atoms with Crippen LogP contribution in [0.15, 0.2) is 24.3 Å². The van der Waals surface area contributed by atoms with Crippen LogP contribution < -0.4 is 10.6 Å². The molecule has 0 unspecified atom stereocenters. The molecule has 1 atom stereocenters. The maximum absolute atomic E-state index is 5.67. The second-order valence-electron chi connectivity index (χ2n) is 4.13. The molecule has 2 nitrogen and oxygen atoms in total. The van der Waals surface area contributed by atoms with E-state index in [9.17, 15) is 0 Å². The second kappa shape index (κ2) is 3.91. The van der Waals surface area contributed by atoms with Crippen LogP contribution in [0, 0.1) is 0 Å². The van der Waals surface area contributed by atoms with Gasteiger partial charge >= 0.3 is 0 Å². The summed E-state index contributed by atoms with van der Waals surface area (Å²) in [7, 11) is 0. The van der Waals surface area contributed by atoms with Crippen LogP contribution in [0.25, 0.3) is 0 Å². The standard InChI is InChI=1S/C12H18N2/c1-10-4-2-3-9-14(10)12-7-5-11(13)6-8-12/h5-8,10H,2-4,9,13H2,1H3/t10-/m0/s1. The fraction of sp³-hybridized carbons (Fsp3) is 0.500. The molecule has 76 valence electrons. The van der Waals surface area contributed by atoms with E-state index in [1.54, 1.807) is 0 Å². The predicted molar refractivity (Wildman–Crippen MR) is 61.5 cm³/mol. The summed E-state index contributed by atoms with van der Waals surface area (Å²) >= 11 is 0. The third-order valence-corrected chi connectivity index (χ3v) is 3.03. The summed E-state index contributed by atoms with van der Waals surface area (Å²) in [6.07, 6.45) is 3.99. The summed E-state index contributed by atoms with van der Waals surface area (Å²) in [6, 6.07) is 8.88. The molecule has 1 saturated heterocycles. The largest absolute Gasteiger partial charge is 0.399 e. The quantitative estimate of drug-likeness (QED) is 0.690. The van der Waals surface area contributed by atoms with Crippen molar-refractivity contribution < 1.29 is 0 Å². The number of nitrogens with zero attached hydrogens (tertiary/aromatic N) is 1. The van der Waals surface area contributed by atoms with E-state index in [4.69, 9.17) is 5.73 Å². The molecule has 1 aliphatic heterocycles. The molecule has 0 spiro atoms. The van der Waals surface area contributed by atoms with Crippen molar-refractivity contribution in [2.45, 2.75) is 32.2 Å². The summed E-state index contributed by atoms with van der Waals surface area (Å²) < 4.78 is 0. The average molecular weight is 190 g/mol. The topological polar surface area (TPSA) is 29.3 Å². The highest BCUT2D eigenvalue weighted by Crippen LogP contribution is 2.24. The average Bonchev–Trinajstić information content (AvgIpc) is 2.20. The number of hydrogen-bond acceptors (Lipinski definition) is 2. The van der Waals surface area contributed by atoms with Gasteiger partial charge in [0.2, 0.25) is 0 Å². The van der Waals surface area contributed by atoms with E-state index in [-0.39, 0.29) is 0 Å². The van der Waals surface area contributed by atoms with Gasteiger partial charge in [-0.3, -0.25) is 0 Å². The fourth-order valence-electron chi connectivity index (χ4n) is 2.15. The van der Waals surface area contributed by atoms with E-state index in [0.717, 1.165) is 5.69 Å². The lowest BCUT2D eigenvalue weighted by Gasteiger charge is -2.35. The van der Waals surface area contributed by atoms with Gasteiger partial charge in [-0.15, -0.1) is 0 Å². The first kappa shape index (κ1) is 9.38. The zero-order valence-electron chi connectivity index (χ0n) is 8.74. The van der Waals surface area contributed by atoms with E-state index < -0.39 is 0 Å². The molecule has 1 aromatic carbocycles. The lowest BCUT2D eigenvalue weighted by molar-refractivity contribution is 0.485. The molecule has 1 fully saturated rings. The van der Waals surface area contributed by atoms with Crippen molar-refractivity contribution in [3.8, 4) is 0 Å². The minimum absolute atomic E-state index is 0.673. The van der Waals surface area contributed by atoms with Gasteiger partial charge in [0.25, 0.3) is 0 Å². The Kier molecular flexibility index (Phi) is 2.62. The summed E-state index contributed by atoms with van der Waals surface area (Å²) in [5, 5.41) is 0. The first-order valence-electron chi connectivity index (χ1n) is 5.39. The summed E-state index contributed by atoms with van der Waals surface area (Å²) in [4.78, 5) is 2.48. The lowest BCUT2D eigenvalue weighted by atomic mass is 10.0. The molecule has 1 aliphatic rings. The molecule has 1 heterocycles. The SMILES string of the molecule is C[C@H]1CCCCN1c1ccc(N)cc1. The smallest absolute Gasteiger partial charge is 0.0370 e. The van der Waals surface area contributed by atoms with Crippen molar-refractivity contribution >= 4 is 11.4 Å². The number of rotatable bonds is 1. The van der Waals surface area contributed by atoms with Crippen LogP contribution in [0.3, 0.4) is 0 Å². The van der Waals surface area contributed by atoms with Gasteiger partial charge in [0.05, 0.1) is 0 Å². The van der Waals surface area contributed by atoms with Gasteiger partial charge in [0.15, 0.2) is 0 Å². The second-order valence-corrected chi connectivity index (χ2v) is 4.13. The third-order valence-electron chi connectivity index (χ3n) is 3.03. The Morgan fingerprint density at radius 3 is 2.57 bits per heavy atom. The van der Waals surface area contributed by atoms with E-state index in [1.165, 1.54) is 31.5 Å². The molecule has 0 aliphatic carbocycles. The normalized spacial score (nSPS) is 22.4. The van der Waals surface area contributed by atoms with Crippen molar-refractivity contribution in [2.75, 3.05) is 17.2 Å². The molecule has 2 rings (SSSR count). The molecule has 0 radical (unpaired) electrons. The van der Waals surface area contributed by atoms with E-state index >= 15 is 0 Å². The zero-order chi connectivity index (χ0) is 9.97. The van der Waals surface area contributed by atoms with Crippen LogP contribution in [-0.2, 0) is 0 Å². The van der Waals surface area contributed by atoms with Crippen LogP contribution in [0.5, 0.6) is 0 Å². The Balaban J connectivity index is 2.16. The van der Waals surface area contributed by atoms with E-state index in [0.29, 0.717) is 6.04 Å². The van der Waals surface area contributed by atoms with Gasteiger partial charge in [-0.1, -0.05) is 0 Å². The molecule has 0 aromatic heterocycles. The van der Waals surface area contributed by atoms with Crippen molar-refractivity contribution in [3.05, 3.63) is 24.3 Å². The van der Waals surface area contributed by atoms with E-state index in [2.05, 4.69) is 24.0 Å². The molecule has 0 saturated carbocycles. The third kappa shape index (κ3) is 1.84. The number of hydrogen-bond donors (Lipinski definition) is 1. The number of anilines is 2. The number of nitrogens with two attached hydrogens (primary N) is 1. The molecule has 2 heteroatoms. The fourth-order valence-corrected chi connectivity index (χ4v) is 2.15. The molecular weight excluding hydrogens is 172 g/mol. The molecule has 0 bridgehead atoms. The Hall–Kier alpha value is -1.18. The molecule has 0 amide bonds. The molecule has 2 N–H and O–H groups in total. The first-order chi connectivity index (χ1) is 6.77. The highest BCUT2D eigenvalue weighted by molar-refractivity contribution is 5.53. The monoisotopic (exact) mass is 190 g/mol. The van der Waals surface area contributed by atoms with Gasteiger partial charge in [-0.05, 0) is 50.5 Å². The number of nitrogen functional groups attached to an aromatic ring is 1. The predicted octanol–water partition coefficient (Wildman–Crippen LogP) is 2.65. The highest BCUT2D eigenvalue weighted by atomic mass is 15.2. The van der Waals surface area contributed by atoms with Crippen molar-refractivity contribution in [1.82, 2.24) is 0 Å². The van der Waals surface area contributed by atoms with Crippen LogP contribution in [-0.4, -0.2) is 12.6 Å². The van der Waals surface area contributed by atoms with Crippen LogP contribution >= 0.6 is 0 Å². The first-order valence-corrected chi connectivity index (χ1v) is 5.39. The van der Waals surface area contributed by atoms with Crippen LogP contribution in [0.1, 0.15) is 26.2 Å². The molecular formula is C12H18N2. The maximum atomic E-state index is 5.67. The Bertz CT molecular complexity index is 292. The van der Waals surface area contributed by atoms with Crippen molar-refractivity contribution in [3.63, 3.8) is 0 Å². The maximum Gasteiger partial charge on any atom is 0.0370 e. The van der Waals surface area contributed by atoms with E-state index in [1.807, 2.05) is 12.1 Å². The van der Waals surface area contributed by atoms with Gasteiger partial charge in [-0.25, -0.2) is 0 Å². The van der Waals surface area contributed by atoms with Gasteiger partial charge in [-0.2, -0.15) is 0 Å². The number of benzene rings is 1. The number of piperidine rings is 1. The molecule has 1 aromatic rings. The van der Waals surface area contributed by atoms with Gasteiger partial charge < -0.3 is 10.6 Å². The van der Waals surface area contributed by atoms with Crippen LogP contribution in [0.2, 0.25) is 0 Å². The van der Waals surface area contributed by atoms with Gasteiger partial charge in [0.1, 0.15) is 0 Å². The summed E-state index contributed by atoms with van der Waals surface area (Å²) in [5.41, 5.74) is 7.83. The van der Waals surface area contributed by atoms with Gasteiger partial charge in [0, 0.05) is 24.0 Å². The lowest BCUT2D eigenvalue weighted by Crippen LogP contribution is -2.37. The Morgan fingerprint density at radius 1 is 1.21 bits per heavy atom. The summed E-state index contributed by atoms with van der Waals surface area (Å²) in [5.74, 6) is 0. The van der Waals surface area contributed by atoms with Crippen molar-refractivity contribution in [2.24, 2.45) is 0 Å². The Labute approximate surface area is 85.7 Å². The minimum Gasteiger partial charge on any atom is -0.399 e. The summed E-state index contributed by atoms with van der Waals surface area (Å²) in [6.45, 7) is 3.49. The Morgan fingerprint density at radius 2 is 1.93 bits per heavy atom. The van der Waals surface area contributed by atoms with Crippen LogP contribution in [0.4, 0.5) is 11.4 Å². The minimum atomic E-state index is 0.673.